The molecular formula is C17H23ClN4O3. The van der Waals surface area contributed by atoms with Gasteiger partial charge >= 0.3 is 11.8 Å². The van der Waals surface area contributed by atoms with E-state index < -0.39 is 11.8 Å². The van der Waals surface area contributed by atoms with Crippen LogP contribution in [0.3, 0.4) is 0 Å². The van der Waals surface area contributed by atoms with E-state index in [4.69, 9.17) is 11.6 Å². The van der Waals surface area contributed by atoms with Crippen LogP contribution in [0.2, 0.25) is 5.02 Å². The monoisotopic (exact) mass is 366 g/mol. The predicted molar refractivity (Wildman–Crippen MR) is 96.5 cm³/mol. The van der Waals surface area contributed by atoms with Gasteiger partial charge in [0, 0.05) is 42.9 Å². The van der Waals surface area contributed by atoms with Gasteiger partial charge in [-0.05, 0) is 38.1 Å². The number of anilines is 1. The number of rotatable bonds is 4. The van der Waals surface area contributed by atoms with Gasteiger partial charge in [-0.15, -0.1) is 0 Å². The lowest BCUT2D eigenvalue weighted by Gasteiger charge is -2.36. The largest absolute Gasteiger partial charge is 0.368 e. The summed E-state index contributed by atoms with van der Waals surface area (Å²) in [6.07, 6.45) is 0. The summed E-state index contributed by atoms with van der Waals surface area (Å²) in [6.45, 7) is 5.88. The topological polar surface area (TPSA) is 81.8 Å². The van der Waals surface area contributed by atoms with Gasteiger partial charge in [-0.3, -0.25) is 14.4 Å². The van der Waals surface area contributed by atoms with E-state index in [-0.39, 0.29) is 18.5 Å². The summed E-state index contributed by atoms with van der Waals surface area (Å²) in [5, 5.41) is 5.53. The molecule has 3 amide bonds. The van der Waals surface area contributed by atoms with Crippen molar-refractivity contribution in [1.29, 1.82) is 0 Å². The smallest absolute Gasteiger partial charge is 0.309 e. The van der Waals surface area contributed by atoms with Gasteiger partial charge in [0.25, 0.3) is 0 Å². The van der Waals surface area contributed by atoms with Crippen molar-refractivity contribution in [3.63, 3.8) is 0 Å². The van der Waals surface area contributed by atoms with Crippen LogP contribution in [0.15, 0.2) is 24.3 Å². The van der Waals surface area contributed by atoms with Crippen molar-refractivity contribution in [2.45, 2.75) is 19.9 Å². The van der Waals surface area contributed by atoms with Crippen LogP contribution in [0.4, 0.5) is 5.69 Å². The zero-order chi connectivity index (χ0) is 18.4. The maximum absolute atomic E-state index is 12.2. The molecule has 25 heavy (non-hydrogen) atoms. The second-order valence-electron chi connectivity index (χ2n) is 6.16. The molecule has 1 saturated heterocycles. The molecule has 1 aromatic rings. The molecule has 2 N–H and O–H groups in total. The van der Waals surface area contributed by atoms with E-state index in [1.54, 1.807) is 18.7 Å². The highest BCUT2D eigenvalue weighted by atomic mass is 35.5. The number of nitrogens with zero attached hydrogens (tertiary/aromatic N) is 2. The van der Waals surface area contributed by atoms with Crippen molar-refractivity contribution in [2.24, 2.45) is 0 Å². The Morgan fingerprint density at radius 3 is 2.20 bits per heavy atom. The molecule has 0 saturated carbocycles. The Morgan fingerprint density at radius 1 is 1.04 bits per heavy atom. The van der Waals surface area contributed by atoms with E-state index in [2.05, 4.69) is 15.5 Å². The fraction of sp³-hybridized carbons (Fsp3) is 0.471. The highest BCUT2D eigenvalue weighted by Gasteiger charge is 2.22. The molecule has 0 radical (unpaired) electrons. The van der Waals surface area contributed by atoms with Gasteiger partial charge < -0.3 is 20.4 Å². The molecule has 1 aliphatic heterocycles. The fourth-order valence-electron chi connectivity index (χ4n) is 2.54. The Kier molecular flexibility index (Phi) is 6.64. The second kappa shape index (κ2) is 8.71. The first kappa shape index (κ1) is 19.1. The number of hydrogen-bond acceptors (Lipinski definition) is 4. The molecule has 1 heterocycles. The van der Waals surface area contributed by atoms with Crippen LogP contribution in [0.1, 0.15) is 13.8 Å². The summed E-state index contributed by atoms with van der Waals surface area (Å²) in [7, 11) is 0. The summed E-state index contributed by atoms with van der Waals surface area (Å²) in [4.78, 5) is 39.2. The number of amides is 3. The maximum atomic E-state index is 12.2. The first-order valence-electron chi connectivity index (χ1n) is 8.24. The molecule has 8 heteroatoms. The van der Waals surface area contributed by atoms with Gasteiger partial charge in [-0.1, -0.05) is 11.6 Å². The number of hydrogen-bond donors (Lipinski definition) is 2. The third-order valence-corrected chi connectivity index (χ3v) is 4.10. The number of carbonyl (C=O) groups is 3. The zero-order valence-electron chi connectivity index (χ0n) is 14.4. The number of halogens is 1. The Balaban J connectivity index is 1.76. The summed E-state index contributed by atoms with van der Waals surface area (Å²) >= 11 is 5.89. The molecule has 0 bridgehead atoms. The maximum Gasteiger partial charge on any atom is 0.309 e. The Morgan fingerprint density at radius 2 is 1.64 bits per heavy atom. The van der Waals surface area contributed by atoms with Crippen molar-refractivity contribution in [3.8, 4) is 0 Å². The van der Waals surface area contributed by atoms with E-state index in [0.717, 1.165) is 5.69 Å². The molecule has 2 rings (SSSR count). The van der Waals surface area contributed by atoms with Crippen LogP contribution < -0.4 is 15.5 Å². The SMILES string of the molecule is CC(C)NC(=O)C(=O)NCC(=O)N1CCN(c2ccc(Cl)cc2)CC1. The molecule has 0 aromatic heterocycles. The molecule has 0 atom stereocenters. The predicted octanol–water partition coefficient (Wildman–Crippen LogP) is 0.629. The number of nitrogens with one attached hydrogen (secondary N) is 2. The van der Waals surface area contributed by atoms with E-state index in [1.165, 1.54) is 0 Å². The third kappa shape index (κ3) is 5.63. The summed E-state index contributed by atoms with van der Waals surface area (Å²) in [5.74, 6) is -1.71. The third-order valence-electron chi connectivity index (χ3n) is 3.85. The molecule has 7 nitrogen and oxygen atoms in total. The van der Waals surface area contributed by atoms with Crippen LogP contribution in [-0.4, -0.2) is 61.4 Å². The highest BCUT2D eigenvalue weighted by molar-refractivity contribution is 6.35. The first-order valence-corrected chi connectivity index (χ1v) is 8.61. The normalized spacial score (nSPS) is 14.4. The number of benzene rings is 1. The van der Waals surface area contributed by atoms with E-state index in [9.17, 15) is 14.4 Å². The second-order valence-corrected chi connectivity index (χ2v) is 6.59. The van der Waals surface area contributed by atoms with Gasteiger partial charge in [0.15, 0.2) is 0 Å². The fourth-order valence-corrected chi connectivity index (χ4v) is 2.67. The Labute approximate surface area is 152 Å². The lowest BCUT2D eigenvalue weighted by Crippen LogP contribution is -2.52. The Hall–Kier alpha value is -2.28. The van der Waals surface area contributed by atoms with Gasteiger partial charge in [0.05, 0.1) is 6.54 Å². The molecule has 0 unspecified atom stereocenters. The van der Waals surface area contributed by atoms with Gasteiger partial charge in [-0.2, -0.15) is 0 Å². The first-order chi connectivity index (χ1) is 11.9. The summed E-state index contributed by atoms with van der Waals surface area (Å²) < 4.78 is 0. The minimum Gasteiger partial charge on any atom is -0.368 e. The van der Waals surface area contributed by atoms with Crippen molar-refractivity contribution in [1.82, 2.24) is 15.5 Å². The highest BCUT2D eigenvalue weighted by Crippen LogP contribution is 2.19. The minimum atomic E-state index is -0.790. The summed E-state index contributed by atoms with van der Waals surface area (Å²) in [5.41, 5.74) is 1.06. The van der Waals surface area contributed by atoms with E-state index in [1.807, 2.05) is 24.3 Å². The molecule has 1 aromatic carbocycles. The average Bonchev–Trinajstić information content (AvgIpc) is 2.59. The van der Waals surface area contributed by atoms with Crippen LogP contribution in [0.5, 0.6) is 0 Å². The van der Waals surface area contributed by atoms with Crippen molar-refractivity contribution in [2.75, 3.05) is 37.6 Å². The van der Waals surface area contributed by atoms with Crippen molar-refractivity contribution in [3.05, 3.63) is 29.3 Å². The Bertz CT molecular complexity index is 625. The van der Waals surface area contributed by atoms with Crippen LogP contribution >= 0.6 is 11.6 Å². The molecule has 1 fully saturated rings. The number of piperazine rings is 1. The number of carbonyl (C=O) groups excluding carboxylic acids is 3. The molecule has 0 aliphatic carbocycles. The molecule has 1 aliphatic rings. The van der Waals surface area contributed by atoms with Gasteiger partial charge in [-0.25, -0.2) is 0 Å². The lowest BCUT2D eigenvalue weighted by atomic mass is 10.2. The molecular weight excluding hydrogens is 344 g/mol. The van der Waals surface area contributed by atoms with Crippen molar-refractivity contribution >= 4 is 35.0 Å². The van der Waals surface area contributed by atoms with Crippen molar-refractivity contribution < 1.29 is 14.4 Å². The molecule has 0 spiro atoms. The van der Waals surface area contributed by atoms with Crippen LogP contribution in [-0.2, 0) is 14.4 Å². The lowest BCUT2D eigenvalue weighted by molar-refractivity contribution is -0.140. The van der Waals surface area contributed by atoms with E-state index >= 15 is 0 Å². The quantitative estimate of drug-likeness (QED) is 0.766. The minimum absolute atomic E-state index is 0.130. The van der Waals surface area contributed by atoms with Crippen LogP contribution in [0.25, 0.3) is 0 Å². The molecule has 136 valence electrons. The standard InChI is InChI=1S/C17H23ClN4O3/c1-12(2)20-17(25)16(24)19-11-15(23)22-9-7-21(8-10-22)14-5-3-13(18)4-6-14/h3-6,12H,7-11H2,1-2H3,(H,19,24)(H,20,25). The van der Waals surface area contributed by atoms with Gasteiger partial charge in [0.2, 0.25) is 5.91 Å². The van der Waals surface area contributed by atoms with Gasteiger partial charge in [0.1, 0.15) is 0 Å². The zero-order valence-corrected chi connectivity index (χ0v) is 15.2. The van der Waals surface area contributed by atoms with Crippen LogP contribution in [0, 0.1) is 0 Å². The summed E-state index contributed by atoms with van der Waals surface area (Å²) in [6, 6.07) is 7.45. The average molecular weight is 367 g/mol. The van der Waals surface area contributed by atoms with E-state index in [0.29, 0.717) is 31.2 Å².